The van der Waals surface area contributed by atoms with Crippen molar-refractivity contribution in [2.24, 2.45) is 4.99 Å². The van der Waals surface area contributed by atoms with Crippen molar-refractivity contribution in [3.8, 4) is 0 Å². The van der Waals surface area contributed by atoms with Gasteiger partial charge in [0.1, 0.15) is 0 Å². The molecule has 0 aliphatic heterocycles. The molecular weight excluding hydrogens is 316 g/mol. The van der Waals surface area contributed by atoms with Crippen molar-refractivity contribution in [3.63, 3.8) is 0 Å². The van der Waals surface area contributed by atoms with E-state index >= 15 is 0 Å². The topological polar surface area (TPSA) is 43.6 Å². The number of nitrogens with zero attached hydrogens (tertiary/aromatic N) is 2. The number of methoxy groups -OCH3 is 1. The number of aromatic nitrogens is 1. The highest BCUT2D eigenvalue weighted by Crippen LogP contribution is 2.17. The maximum atomic E-state index is 12.2. The first-order valence-electron chi connectivity index (χ1n) is 6.95. The minimum atomic E-state index is -0.111. The minimum Gasteiger partial charge on any atom is -0.383 e. The fraction of sp³-hybridized carbons (Fsp3) is 0.250. The van der Waals surface area contributed by atoms with Crippen LogP contribution in [0, 0.1) is 0 Å². The quantitative estimate of drug-likeness (QED) is 0.721. The van der Waals surface area contributed by atoms with E-state index in [1.165, 1.54) is 11.3 Å². The second-order valence-corrected chi connectivity index (χ2v) is 6.80. The Hall–Kier alpha value is -1.76. The first kappa shape index (κ1) is 15.1. The first-order chi connectivity index (χ1) is 10.8. The minimum absolute atomic E-state index is 0.111. The number of amides is 1. The molecule has 0 saturated heterocycles. The Morgan fingerprint density at radius 1 is 1.27 bits per heavy atom. The van der Waals surface area contributed by atoms with Crippen molar-refractivity contribution in [1.29, 1.82) is 0 Å². The number of para-hydroxylation sites is 1. The van der Waals surface area contributed by atoms with Gasteiger partial charge in [0.15, 0.2) is 4.80 Å². The van der Waals surface area contributed by atoms with E-state index in [9.17, 15) is 4.79 Å². The van der Waals surface area contributed by atoms with Crippen LogP contribution >= 0.6 is 22.7 Å². The molecule has 0 N–H and O–H groups in total. The Balaban J connectivity index is 1.97. The number of fused-ring (bicyclic) bond motifs is 1. The number of hydrogen-bond donors (Lipinski definition) is 0. The summed E-state index contributed by atoms with van der Waals surface area (Å²) in [7, 11) is 1.67. The number of rotatable bonds is 5. The molecule has 1 amide bonds. The Morgan fingerprint density at radius 3 is 2.91 bits per heavy atom. The molecule has 114 valence electrons. The number of carbonyl (C=O) groups excluding carboxylic acids is 1. The zero-order valence-electron chi connectivity index (χ0n) is 12.2. The molecule has 0 spiro atoms. The highest BCUT2D eigenvalue weighted by molar-refractivity contribution is 7.16. The van der Waals surface area contributed by atoms with Crippen LogP contribution in [0.1, 0.15) is 4.88 Å². The molecule has 4 nitrogen and oxygen atoms in total. The summed E-state index contributed by atoms with van der Waals surface area (Å²) in [5.74, 6) is -0.111. The number of thiazole rings is 1. The SMILES string of the molecule is COCCn1c(=NC(=O)Cc2cccs2)sc2ccccc21. The number of benzene rings is 1. The molecule has 2 heterocycles. The average molecular weight is 332 g/mol. The van der Waals surface area contributed by atoms with Gasteiger partial charge in [-0.3, -0.25) is 4.79 Å². The van der Waals surface area contributed by atoms with Crippen LogP contribution in [0.2, 0.25) is 0 Å². The number of ether oxygens (including phenoxy) is 1. The van der Waals surface area contributed by atoms with Gasteiger partial charge in [0.2, 0.25) is 0 Å². The van der Waals surface area contributed by atoms with E-state index in [1.807, 2.05) is 41.8 Å². The highest BCUT2D eigenvalue weighted by Gasteiger charge is 2.08. The van der Waals surface area contributed by atoms with Gasteiger partial charge in [-0.2, -0.15) is 4.99 Å². The van der Waals surface area contributed by atoms with Crippen molar-refractivity contribution >= 4 is 38.8 Å². The van der Waals surface area contributed by atoms with Gasteiger partial charge in [-0.25, -0.2) is 0 Å². The van der Waals surface area contributed by atoms with Crippen molar-refractivity contribution in [2.75, 3.05) is 13.7 Å². The maximum absolute atomic E-state index is 12.2. The largest absolute Gasteiger partial charge is 0.383 e. The summed E-state index contributed by atoms with van der Waals surface area (Å²) in [6.07, 6.45) is 0.357. The molecule has 0 saturated carbocycles. The Labute approximate surface area is 136 Å². The highest BCUT2D eigenvalue weighted by atomic mass is 32.1. The third kappa shape index (κ3) is 3.35. The Bertz CT molecular complexity index is 831. The third-order valence-corrected chi connectivity index (χ3v) is 5.17. The van der Waals surface area contributed by atoms with E-state index in [1.54, 1.807) is 18.4 Å². The van der Waals surface area contributed by atoms with E-state index < -0.39 is 0 Å². The molecule has 3 rings (SSSR count). The maximum Gasteiger partial charge on any atom is 0.253 e. The van der Waals surface area contributed by atoms with Crippen LogP contribution in [0.25, 0.3) is 10.2 Å². The normalized spacial score (nSPS) is 12.1. The molecule has 6 heteroatoms. The van der Waals surface area contributed by atoms with E-state index in [0.29, 0.717) is 19.6 Å². The summed E-state index contributed by atoms with van der Waals surface area (Å²) >= 11 is 3.12. The molecule has 22 heavy (non-hydrogen) atoms. The van der Waals surface area contributed by atoms with Gasteiger partial charge < -0.3 is 9.30 Å². The monoisotopic (exact) mass is 332 g/mol. The van der Waals surface area contributed by atoms with E-state index in [2.05, 4.69) is 9.56 Å². The molecule has 0 atom stereocenters. The summed E-state index contributed by atoms with van der Waals surface area (Å²) in [6, 6.07) is 12.0. The molecular formula is C16H16N2O2S2. The van der Waals surface area contributed by atoms with Crippen LogP contribution in [0.15, 0.2) is 46.8 Å². The van der Waals surface area contributed by atoms with Crippen LogP contribution in [0.4, 0.5) is 0 Å². The van der Waals surface area contributed by atoms with Gasteiger partial charge in [0.05, 0.1) is 23.2 Å². The molecule has 2 aromatic heterocycles. The molecule has 0 aliphatic carbocycles. The zero-order chi connectivity index (χ0) is 15.4. The van der Waals surface area contributed by atoms with Gasteiger partial charge >= 0.3 is 0 Å². The van der Waals surface area contributed by atoms with Crippen molar-refractivity contribution in [2.45, 2.75) is 13.0 Å². The predicted molar refractivity (Wildman–Crippen MR) is 90.3 cm³/mol. The van der Waals surface area contributed by atoms with Crippen molar-refractivity contribution in [3.05, 3.63) is 51.5 Å². The first-order valence-corrected chi connectivity index (χ1v) is 8.65. The van der Waals surface area contributed by atoms with E-state index in [-0.39, 0.29) is 5.91 Å². The molecule has 0 bridgehead atoms. The summed E-state index contributed by atoms with van der Waals surface area (Å²) in [5, 5.41) is 1.97. The molecule has 0 aliphatic rings. The van der Waals surface area contributed by atoms with Gasteiger partial charge in [-0.05, 0) is 23.6 Å². The molecule has 0 unspecified atom stereocenters. The van der Waals surface area contributed by atoms with E-state index in [0.717, 1.165) is 19.9 Å². The summed E-state index contributed by atoms with van der Waals surface area (Å²) in [4.78, 5) is 18.3. The molecule has 0 fully saturated rings. The van der Waals surface area contributed by atoms with Crippen LogP contribution in [-0.4, -0.2) is 24.2 Å². The van der Waals surface area contributed by atoms with Gasteiger partial charge in [0, 0.05) is 18.5 Å². The van der Waals surface area contributed by atoms with Crippen LogP contribution < -0.4 is 4.80 Å². The third-order valence-electron chi connectivity index (χ3n) is 3.23. The average Bonchev–Trinajstić information content (AvgIpc) is 3.12. The lowest BCUT2D eigenvalue weighted by Crippen LogP contribution is -2.19. The summed E-state index contributed by atoms with van der Waals surface area (Å²) < 4.78 is 8.35. The second kappa shape index (κ2) is 7.00. The number of carbonyl (C=O) groups is 1. The fourth-order valence-corrected chi connectivity index (χ4v) is 3.98. The van der Waals surface area contributed by atoms with Crippen LogP contribution in [0.5, 0.6) is 0 Å². The Kier molecular flexibility index (Phi) is 4.82. The smallest absolute Gasteiger partial charge is 0.253 e. The van der Waals surface area contributed by atoms with Crippen LogP contribution in [-0.2, 0) is 22.5 Å². The predicted octanol–water partition coefficient (Wildman–Crippen LogP) is 3.08. The van der Waals surface area contributed by atoms with Crippen molar-refractivity contribution < 1.29 is 9.53 Å². The molecule has 1 aromatic carbocycles. The number of thiophene rings is 1. The zero-order valence-corrected chi connectivity index (χ0v) is 13.8. The lowest BCUT2D eigenvalue weighted by molar-refractivity contribution is -0.117. The second-order valence-electron chi connectivity index (χ2n) is 4.76. The number of hydrogen-bond acceptors (Lipinski definition) is 4. The lowest BCUT2D eigenvalue weighted by Gasteiger charge is -2.03. The van der Waals surface area contributed by atoms with Crippen LogP contribution in [0.3, 0.4) is 0 Å². The molecule has 3 aromatic rings. The Morgan fingerprint density at radius 2 is 2.14 bits per heavy atom. The van der Waals surface area contributed by atoms with Crippen molar-refractivity contribution in [1.82, 2.24) is 4.57 Å². The van der Waals surface area contributed by atoms with Gasteiger partial charge in [-0.15, -0.1) is 11.3 Å². The molecule has 0 radical (unpaired) electrons. The lowest BCUT2D eigenvalue weighted by atomic mass is 10.3. The standard InChI is InChI=1S/C16H16N2O2S2/c1-20-9-8-18-13-6-2-3-7-14(13)22-16(18)17-15(19)11-12-5-4-10-21-12/h2-7,10H,8-9,11H2,1H3. The van der Waals surface area contributed by atoms with E-state index in [4.69, 9.17) is 4.74 Å². The summed E-state index contributed by atoms with van der Waals surface area (Å²) in [5.41, 5.74) is 1.09. The van der Waals surface area contributed by atoms with Gasteiger partial charge in [-0.1, -0.05) is 29.5 Å². The summed E-state index contributed by atoms with van der Waals surface area (Å²) in [6.45, 7) is 1.28. The fourth-order valence-electron chi connectivity index (χ4n) is 2.21. The van der Waals surface area contributed by atoms with Gasteiger partial charge in [0.25, 0.3) is 5.91 Å².